The molecule has 7 nitrogen and oxygen atoms in total. The van der Waals surface area contributed by atoms with Gasteiger partial charge in [-0.1, -0.05) is 7.94 Å². The zero-order chi connectivity index (χ0) is 12.7. The van der Waals surface area contributed by atoms with E-state index in [0.29, 0.717) is 0 Å². The Balaban J connectivity index is 0. The van der Waals surface area contributed by atoms with Gasteiger partial charge in [-0.15, -0.1) is 0 Å². The quantitative estimate of drug-likeness (QED) is 0.347. The van der Waals surface area contributed by atoms with Gasteiger partial charge >= 0.3 is 64.8 Å². The Bertz CT molecular complexity index is 267. The van der Waals surface area contributed by atoms with Gasteiger partial charge in [0, 0.05) is 0 Å². The molecule has 1 heterocycles. The van der Waals surface area contributed by atoms with Crippen molar-refractivity contribution in [2.75, 3.05) is 0 Å². The molecule has 1 aliphatic heterocycles. The van der Waals surface area contributed by atoms with E-state index in [1.165, 1.54) is 0 Å². The Kier molecular flexibility index (Phi) is 9.73. The van der Waals surface area contributed by atoms with Crippen LogP contribution in [0.1, 0.15) is 6.42 Å². The fraction of sp³-hybridized carbons (Fsp3) is 1.00. The number of alkyl halides is 2. The second-order valence-electron chi connectivity index (χ2n) is 3.41. The molecule has 0 saturated carbocycles. The van der Waals surface area contributed by atoms with Crippen LogP contribution in [0.25, 0.3) is 0 Å². The molecule has 0 aromatic rings. The van der Waals surface area contributed by atoms with Crippen LogP contribution in [0.2, 0.25) is 0 Å². The fourth-order valence-electron chi connectivity index (χ4n) is 1.25. The first-order valence-electron chi connectivity index (χ1n) is 4.16. The normalized spacial score (nSPS) is 32.7. The summed E-state index contributed by atoms with van der Waals surface area (Å²) in [5, 5.41) is 26.9. The van der Waals surface area contributed by atoms with Crippen molar-refractivity contribution in [3.05, 3.63) is 0 Å². The predicted octanol–water partition coefficient (Wildman–Crippen LogP) is -9.74. The maximum absolute atomic E-state index is 12.8. The van der Waals surface area contributed by atoms with Crippen LogP contribution in [0.3, 0.4) is 0 Å². The summed E-state index contributed by atoms with van der Waals surface area (Å²) in [7, 11) is -6.17. The number of aliphatic hydroxyl groups excluding tert-OH is 3. The number of halogens is 2. The monoisotopic (exact) mass is 308 g/mol. The summed E-state index contributed by atoms with van der Waals surface area (Å²) in [5.74, 6) is 0. The number of hydrogen-bond donors (Lipinski definition) is 3. The van der Waals surface area contributed by atoms with Crippen molar-refractivity contribution in [2.45, 2.75) is 36.7 Å². The number of rotatable bonds is 3. The van der Waals surface area contributed by atoms with Gasteiger partial charge in [0.15, 0.2) is 6.29 Å². The van der Waals surface area contributed by atoms with Gasteiger partial charge in [-0.2, -0.15) is 8.78 Å². The summed E-state index contributed by atoms with van der Waals surface area (Å²) < 4.78 is 29.8. The van der Waals surface area contributed by atoms with Crippen LogP contribution in [0.5, 0.6) is 0 Å². The van der Waals surface area contributed by atoms with Gasteiger partial charge in [0.2, 0.25) is 0 Å². The van der Waals surface area contributed by atoms with E-state index in [1.807, 2.05) is 0 Å². The molecule has 96 valence electrons. The molecule has 0 aromatic carbocycles. The van der Waals surface area contributed by atoms with Crippen LogP contribution in [-0.4, -0.2) is 45.6 Å². The van der Waals surface area contributed by atoms with Gasteiger partial charge in [-0.05, 0) is 0 Å². The smallest absolute Gasteiger partial charge is 0.683 e. The SMILES string of the molecule is [Na+].[Na+].[O-][P+]([O-])([O-])C(F)(F)C[C@H]1OC(O)[C@@H](O)[C@@H]1O. The van der Waals surface area contributed by atoms with Crippen molar-refractivity contribution >= 4 is 7.94 Å². The Morgan fingerprint density at radius 3 is 1.78 bits per heavy atom. The molecule has 1 fully saturated rings. The van der Waals surface area contributed by atoms with Crippen LogP contribution < -0.4 is 73.8 Å². The Labute approximate surface area is 146 Å². The number of ether oxygens (including phenoxy) is 1. The summed E-state index contributed by atoms with van der Waals surface area (Å²) in [4.78, 5) is 30.5. The minimum atomic E-state index is -6.17. The minimum Gasteiger partial charge on any atom is -0.683 e. The van der Waals surface area contributed by atoms with Gasteiger partial charge in [-0.3, -0.25) is 0 Å². The zero-order valence-corrected chi connectivity index (χ0v) is 14.6. The standard InChI is InChI=1S/C6H11F2O7P.2Na/c7-6(8,16(12,13)14)1-2-3(9)4(10)5(11)15-2;;/h2-5,9-11H,1H2,(H2,12,13,14);;/q;2*+1/p-2/t2-,3-,4+,5?;;/m1../s1. The van der Waals surface area contributed by atoms with Crippen LogP contribution in [0.15, 0.2) is 0 Å². The Morgan fingerprint density at radius 1 is 1.06 bits per heavy atom. The first-order chi connectivity index (χ1) is 7.06. The molecular weight excluding hydrogens is 299 g/mol. The molecule has 0 spiro atoms. The van der Waals surface area contributed by atoms with E-state index in [-0.39, 0.29) is 59.1 Å². The third kappa shape index (κ3) is 5.09. The van der Waals surface area contributed by atoms with Gasteiger partial charge in [0.25, 0.3) is 0 Å². The number of hydrogen-bond acceptors (Lipinski definition) is 7. The van der Waals surface area contributed by atoms with Crippen molar-refractivity contribution in [1.82, 2.24) is 0 Å². The molecular formula is C6H9F2Na2O7P. The average Bonchev–Trinajstić information content (AvgIpc) is 2.31. The molecule has 1 unspecified atom stereocenters. The van der Waals surface area contributed by atoms with E-state index in [4.69, 9.17) is 15.3 Å². The largest absolute Gasteiger partial charge is 1.00 e. The summed E-state index contributed by atoms with van der Waals surface area (Å²) in [5.41, 5.74) is -4.61. The first kappa shape index (κ1) is 22.3. The minimum absolute atomic E-state index is 0. The van der Waals surface area contributed by atoms with Crippen LogP contribution in [0, 0.1) is 0 Å². The van der Waals surface area contributed by atoms with Crippen molar-refractivity contribution in [3.8, 4) is 0 Å². The molecule has 0 radical (unpaired) electrons. The third-order valence-corrected chi connectivity index (χ3v) is 3.17. The van der Waals surface area contributed by atoms with Gasteiger partial charge in [0.05, 0.1) is 12.5 Å². The zero-order valence-electron chi connectivity index (χ0n) is 9.69. The molecule has 3 N–H and O–H groups in total. The molecule has 1 aliphatic rings. The summed E-state index contributed by atoms with van der Waals surface area (Å²) in [6.45, 7) is 0. The first-order valence-corrected chi connectivity index (χ1v) is 5.70. The van der Waals surface area contributed by atoms with E-state index < -0.39 is 44.6 Å². The number of aliphatic hydroxyl groups is 3. The van der Waals surface area contributed by atoms with Crippen LogP contribution >= 0.6 is 7.94 Å². The molecule has 1 rings (SSSR count). The van der Waals surface area contributed by atoms with Gasteiger partial charge < -0.3 is 34.7 Å². The topological polar surface area (TPSA) is 139 Å². The van der Waals surface area contributed by atoms with E-state index in [1.54, 1.807) is 0 Å². The van der Waals surface area contributed by atoms with Crippen LogP contribution in [0.4, 0.5) is 8.78 Å². The van der Waals surface area contributed by atoms with Crippen molar-refractivity contribution < 1.29 is 103 Å². The third-order valence-electron chi connectivity index (χ3n) is 2.18. The molecule has 18 heavy (non-hydrogen) atoms. The Morgan fingerprint density at radius 2 is 1.50 bits per heavy atom. The van der Waals surface area contributed by atoms with Crippen molar-refractivity contribution in [3.63, 3.8) is 0 Å². The molecule has 0 aromatic heterocycles. The maximum atomic E-state index is 12.8. The summed E-state index contributed by atoms with van der Waals surface area (Å²) in [6, 6.07) is 0. The average molecular weight is 308 g/mol. The molecule has 4 atom stereocenters. The molecule has 0 aliphatic carbocycles. The second-order valence-corrected chi connectivity index (χ2v) is 5.06. The second kappa shape index (κ2) is 7.86. The molecule has 12 heteroatoms. The van der Waals surface area contributed by atoms with Crippen molar-refractivity contribution in [1.29, 1.82) is 0 Å². The van der Waals surface area contributed by atoms with E-state index in [9.17, 15) is 23.5 Å². The maximum Gasteiger partial charge on any atom is 1.00 e. The van der Waals surface area contributed by atoms with Crippen molar-refractivity contribution in [2.24, 2.45) is 0 Å². The summed E-state index contributed by atoms with van der Waals surface area (Å²) in [6.07, 6.45) is -9.04. The molecule has 1 saturated heterocycles. The Hall–Kier alpha value is 2.01. The molecule has 0 amide bonds. The molecule has 0 bridgehead atoms. The van der Waals surface area contributed by atoms with Gasteiger partial charge in [-0.25, -0.2) is 0 Å². The predicted molar refractivity (Wildman–Crippen MR) is 39.4 cm³/mol. The van der Waals surface area contributed by atoms with E-state index >= 15 is 0 Å². The van der Waals surface area contributed by atoms with Gasteiger partial charge in [0.1, 0.15) is 12.2 Å². The van der Waals surface area contributed by atoms with E-state index in [2.05, 4.69) is 4.74 Å². The van der Waals surface area contributed by atoms with Crippen LogP contribution in [-0.2, 0) is 4.74 Å². The summed E-state index contributed by atoms with van der Waals surface area (Å²) >= 11 is 0. The van der Waals surface area contributed by atoms with E-state index in [0.717, 1.165) is 0 Å². The fourth-order valence-corrected chi connectivity index (χ4v) is 1.65.